The number of carbonyl (C=O) groups is 2. The maximum atomic E-state index is 13.4. The van der Waals surface area contributed by atoms with Crippen LogP contribution in [0.15, 0.2) is 60.3 Å². The number of piperidine rings is 1. The molecule has 2 aromatic carbocycles. The van der Waals surface area contributed by atoms with E-state index in [4.69, 9.17) is 0 Å². The molecule has 0 aromatic heterocycles. The number of nitrogens with zero attached hydrogens (tertiary/aromatic N) is 2. The fourth-order valence-electron chi connectivity index (χ4n) is 3.84. The molecule has 0 atom stereocenters. The van der Waals surface area contributed by atoms with Gasteiger partial charge in [-0.2, -0.15) is 0 Å². The van der Waals surface area contributed by atoms with Crippen molar-refractivity contribution in [3.05, 3.63) is 71.4 Å². The molecular formula is C23H24N2O2. The monoisotopic (exact) mass is 360 g/mol. The normalized spacial score (nSPS) is 18.6. The Morgan fingerprint density at radius 1 is 0.852 bits per heavy atom. The van der Waals surface area contributed by atoms with Gasteiger partial charge in [0.1, 0.15) is 5.70 Å². The van der Waals surface area contributed by atoms with Gasteiger partial charge in [0.15, 0.2) is 0 Å². The molecule has 2 aliphatic rings. The standard InChI is InChI=1S/C23H24N2O2/c1-16-8-10-19(11-9-16)25-22(26)20(18-6-4-3-5-7-18)21(23(25)27)24-14-12-17(2)13-15-24/h3-11,17H,12-15H2,1-2H3. The molecule has 1 saturated heterocycles. The summed E-state index contributed by atoms with van der Waals surface area (Å²) in [6, 6.07) is 17.1. The van der Waals surface area contributed by atoms with Crippen molar-refractivity contribution in [2.75, 3.05) is 18.0 Å². The van der Waals surface area contributed by atoms with Crippen LogP contribution >= 0.6 is 0 Å². The number of hydrogen-bond donors (Lipinski definition) is 0. The largest absolute Gasteiger partial charge is 0.366 e. The van der Waals surface area contributed by atoms with Gasteiger partial charge in [0.05, 0.1) is 11.3 Å². The van der Waals surface area contributed by atoms with E-state index in [1.54, 1.807) is 0 Å². The van der Waals surface area contributed by atoms with Crippen molar-refractivity contribution in [2.45, 2.75) is 26.7 Å². The van der Waals surface area contributed by atoms with Gasteiger partial charge in [-0.1, -0.05) is 55.0 Å². The number of benzene rings is 2. The molecule has 2 aromatic rings. The van der Waals surface area contributed by atoms with Crippen LogP contribution in [0, 0.1) is 12.8 Å². The van der Waals surface area contributed by atoms with Gasteiger partial charge in [-0.15, -0.1) is 0 Å². The first-order valence-electron chi connectivity index (χ1n) is 9.56. The van der Waals surface area contributed by atoms with Gasteiger partial charge >= 0.3 is 0 Å². The molecule has 0 spiro atoms. The Morgan fingerprint density at radius 3 is 2.11 bits per heavy atom. The molecule has 0 aliphatic carbocycles. The number of amides is 2. The van der Waals surface area contributed by atoms with E-state index in [2.05, 4.69) is 11.8 Å². The highest BCUT2D eigenvalue weighted by Gasteiger charge is 2.42. The van der Waals surface area contributed by atoms with E-state index < -0.39 is 0 Å². The van der Waals surface area contributed by atoms with Gasteiger partial charge in [-0.05, 0) is 43.4 Å². The van der Waals surface area contributed by atoms with E-state index >= 15 is 0 Å². The number of imide groups is 1. The van der Waals surface area contributed by atoms with Crippen LogP contribution in [0.2, 0.25) is 0 Å². The number of aryl methyl sites for hydroxylation is 1. The number of rotatable bonds is 3. The smallest absolute Gasteiger partial charge is 0.282 e. The Balaban J connectivity index is 1.79. The zero-order valence-electron chi connectivity index (χ0n) is 15.8. The zero-order valence-corrected chi connectivity index (χ0v) is 15.8. The highest BCUT2D eigenvalue weighted by molar-refractivity contribution is 6.45. The number of likely N-dealkylation sites (tertiary alicyclic amines) is 1. The van der Waals surface area contributed by atoms with E-state index in [1.165, 1.54) is 4.90 Å². The predicted molar refractivity (Wildman–Crippen MR) is 107 cm³/mol. The molecule has 0 N–H and O–H groups in total. The summed E-state index contributed by atoms with van der Waals surface area (Å²) >= 11 is 0. The van der Waals surface area contributed by atoms with Gasteiger partial charge < -0.3 is 4.90 Å². The molecule has 4 heteroatoms. The van der Waals surface area contributed by atoms with Crippen LogP contribution in [0.25, 0.3) is 5.57 Å². The van der Waals surface area contributed by atoms with E-state index in [0.717, 1.165) is 37.1 Å². The Hall–Kier alpha value is -2.88. The van der Waals surface area contributed by atoms with Crippen LogP contribution in [0.1, 0.15) is 30.9 Å². The summed E-state index contributed by atoms with van der Waals surface area (Å²) in [4.78, 5) is 30.1. The molecule has 2 heterocycles. The van der Waals surface area contributed by atoms with Crippen molar-refractivity contribution >= 4 is 23.1 Å². The fraction of sp³-hybridized carbons (Fsp3) is 0.304. The molecule has 4 nitrogen and oxygen atoms in total. The molecule has 138 valence electrons. The van der Waals surface area contributed by atoms with Gasteiger partial charge in [0, 0.05) is 13.1 Å². The molecule has 4 rings (SSSR count). The Kier molecular flexibility index (Phi) is 4.56. The van der Waals surface area contributed by atoms with E-state index in [0.29, 0.717) is 22.9 Å². The van der Waals surface area contributed by atoms with Crippen molar-refractivity contribution in [3.63, 3.8) is 0 Å². The van der Waals surface area contributed by atoms with Crippen LogP contribution in [-0.2, 0) is 9.59 Å². The average molecular weight is 360 g/mol. The molecule has 0 bridgehead atoms. The molecular weight excluding hydrogens is 336 g/mol. The second kappa shape index (κ2) is 7.03. The van der Waals surface area contributed by atoms with Crippen LogP contribution in [0.3, 0.4) is 0 Å². The predicted octanol–water partition coefficient (Wildman–Crippen LogP) is 4.01. The minimum atomic E-state index is -0.233. The van der Waals surface area contributed by atoms with Gasteiger partial charge in [-0.3, -0.25) is 9.59 Å². The summed E-state index contributed by atoms with van der Waals surface area (Å²) in [7, 11) is 0. The summed E-state index contributed by atoms with van der Waals surface area (Å²) in [5, 5.41) is 0. The minimum Gasteiger partial charge on any atom is -0.366 e. The topological polar surface area (TPSA) is 40.6 Å². The third-order valence-electron chi connectivity index (χ3n) is 5.51. The second-order valence-electron chi connectivity index (χ2n) is 7.54. The first kappa shape index (κ1) is 17.5. The Bertz CT molecular complexity index is 892. The van der Waals surface area contributed by atoms with Gasteiger partial charge in [0.25, 0.3) is 11.8 Å². The number of hydrogen-bond acceptors (Lipinski definition) is 3. The third-order valence-corrected chi connectivity index (χ3v) is 5.51. The van der Waals surface area contributed by atoms with Gasteiger partial charge in [-0.25, -0.2) is 4.90 Å². The first-order chi connectivity index (χ1) is 13.1. The van der Waals surface area contributed by atoms with E-state index in [-0.39, 0.29) is 11.8 Å². The molecule has 27 heavy (non-hydrogen) atoms. The van der Waals surface area contributed by atoms with E-state index in [1.807, 2.05) is 61.5 Å². The molecule has 2 aliphatic heterocycles. The molecule has 0 radical (unpaired) electrons. The maximum absolute atomic E-state index is 13.4. The molecule has 1 fully saturated rings. The van der Waals surface area contributed by atoms with Crippen LogP contribution < -0.4 is 4.90 Å². The zero-order chi connectivity index (χ0) is 19.0. The average Bonchev–Trinajstić information content (AvgIpc) is 2.94. The minimum absolute atomic E-state index is 0.211. The van der Waals surface area contributed by atoms with Crippen molar-refractivity contribution in [1.82, 2.24) is 4.90 Å². The van der Waals surface area contributed by atoms with Gasteiger partial charge in [0.2, 0.25) is 0 Å². The van der Waals surface area contributed by atoms with Crippen LogP contribution in [0.4, 0.5) is 5.69 Å². The molecule has 2 amide bonds. The molecule has 0 unspecified atom stereocenters. The van der Waals surface area contributed by atoms with Crippen molar-refractivity contribution in [2.24, 2.45) is 5.92 Å². The SMILES string of the molecule is Cc1ccc(N2C(=O)C(c3ccccc3)=C(N3CCC(C)CC3)C2=O)cc1. The maximum Gasteiger partial charge on any atom is 0.282 e. The second-order valence-corrected chi connectivity index (χ2v) is 7.54. The van der Waals surface area contributed by atoms with Crippen LogP contribution in [-0.4, -0.2) is 29.8 Å². The quantitative estimate of drug-likeness (QED) is 0.777. The lowest BCUT2D eigenvalue weighted by Crippen LogP contribution is -2.38. The third kappa shape index (κ3) is 3.16. The highest BCUT2D eigenvalue weighted by atomic mass is 16.2. The fourth-order valence-corrected chi connectivity index (χ4v) is 3.84. The summed E-state index contributed by atoms with van der Waals surface area (Å²) in [5.74, 6) is 0.211. The van der Waals surface area contributed by atoms with Crippen molar-refractivity contribution in [3.8, 4) is 0 Å². The first-order valence-corrected chi connectivity index (χ1v) is 9.56. The Labute approximate surface area is 160 Å². The summed E-state index contributed by atoms with van der Waals surface area (Å²) in [6.07, 6.45) is 2.08. The number of anilines is 1. The van der Waals surface area contributed by atoms with Crippen molar-refractivity contribution < 1.29 is 9.59 Å². The summed E-state index contributed by atoms with van der Waals surface area (Å²) in [5.41, 5.74) is 3.61. The van der Waals surface area contributed by atoms with E-state index in [9.17, 15) is 9.59 Å². The number of carbonyl (C=O) groups excluding carboxylic acids is 2. The lowest BCUT2D eigenvalue weighted by molar-refractivity contribution is -0.120. The Morgan fingerprint density at radius 2 is 1.48 bits per heavy atom. The lowest BCUT2D eigenvalue weighted by Gasteiger charge is -2.32. The lowest BCUT2D eigenvalue weighted by atomic mass is 9.97. The highest BCUT2D eigenvalue weighted by Crippen LogP contribution is 2.36. The van der Waals surface area contributed by atoms with Crippen molar-refractivity contribution in [1.29, 1.82) is 0 Å². The summed E-state index contributed by atoms with van der Waals surface area (Å²) < 4.78 is 0. The molecule has 0 saturated carbocycles. The summed E-state index contributed by atoms with van der Waals surface area (Å²) in [6.45, 7) is 5.86. The van der Waals surface area contributed by atoms with Crippen LogP contribution in [0.5, 0.6) is 0 Å².